The summed E-state index contributed by atoms with van der Waals surface area (Å²) in [7, 11) is 0. The lowest BCUT2D eigenvalue weighted by Crippen LogP contribution is -2.01. The van der Waals surface area contributed by atoms with E-state index >= 15 is 0 Å². The van der Waals surface area contributed by atoms with E-state index in [4.69, 9.17) is 10.2 Å². The van der Waals surface area contributed by atoms with Gasteiger partial charge in [0.1, 0.15) is 5.44 Å². The van der Waals surface area contributed by atoms with E-state index in [-0.39, 0.29) is 6.61 Å². The molecule has 0 fully saturated rings. The van der Waals surface area contributed by atoms with Gasteiger partial charge in [-0.25, -0.2) is 0 Å². The summed E-state index contributed by atoms with van der Waals surface area (Å²) in [6.07, 6.45) is 0.713. The molecule has 0 saturated heterocycles. The van der Waals surface area contributed by atoms with Gasteiger partial charge in [-0.3, -0.25) is 0 Å². The fraction of sp³-hybridized carbons (Fsp3) is 0.800. The predicted octanol–water partition coefficient (Wildman–Crippen LogP) is 0.420. The van der Waals surface area contributed by atoms with Crippen LogP contribution in [0, 0.1) is 0 Å². The Morgan fingerprint density at radius 1 is 1.67 bits per heavy atom. The Morgan fingerprint density at radius 2 is 2.33 bits per heavy atom. The van der Waals surface area contributed by atoms with Crippen molar-refractivity contribution in [2.45, 2.75) is 11.9 Å². The minimum atomic E-state index is -0.549. The fourth-order valence-electron chi connectivity index (χ4n) is 0.308. The van der Waals surface area contributed by atoms with Gasteiger partial charge >= 0.3 is 0 Å². The van der Waals surface area contributed by atoms with Crippen molar-refractivity contribution in [3.8, 4) is 0 Å². The highest BCUT2D eigenvalue weighted by atomic mass is 32.2. The summed E-state index contributed by atoms with van der Waals surface area (Å²) in [6, 6.07) is 0. The smallest absolute Gasteiger partial charge is 0.128 e. The van der Waals surface area contributed by atoms with Crippen LogP contribution in [0.25, 0.3) is 0 Å². The van der Waals surface area contributed by atoms with Crippen LogP contribution in [-0.2, 0) is 0 Å². The minimum absolute atomic E-state index is 0.178. The summed E-state index contributed by atoms with van der Waals surface area (Å²) in [5.74, 6) is 0.755. The second-order valence-electron chi connectivity index (χ2n) is 1.47. The predicted molar refractivity (Wildman–Crippen MR) is 43.8 cm³/mol. The summed E-state index contributed by atoms with van der Waals surface area (Å²) in [5, 5.41) is 18.4. The highest BCUT2D eigenvalue weighted by molar-refractivity contribution is 8.01. The van der Waals surface area contributed by atoms with E-state index in [0.29, 0.717) is 6.42 Å². The number of thiocarbonyl (C=S) groups is 1. The Hall–Kier alpha value is 0.360. The van der Waals surface area contributed by atoms with E-state index in [9.17, 15) is 0 Å². The van der Waals surface area contributed by atoms with Gasteiger partial charge in [-0.05, 0) is 12.2 Å². The fourth-order valence-corrected chi connectivity index (χ4v) is 1.16. The van der Waals surface area contributed by atoms with Gasteiger partial charge < -0.3 is 10.2 Å². The van der Waals surface area contributed by atoms with E-state index in [1.165, 1.54) is 17.1 Å². The lowest BCUT2D eigenvalue weighted by Gasteiger charge is -2.00. The highest BCUT2D eigenvalue weighted by Crippen LogP contribution is 2.06. The van der Waals surface area contributed by atoms with Gasteiger partial charge in [0.25, 0.3) is 0 Å². The number of hydrogen-bond donors (Lipinski definition) is 2. The maximum atomic E-state index is 8.81. The molecule has 1 atom stereocenters. The molecular formula is C5H10O2S2. The molecule has 0 aliphatic rings. The van der Waals surface area contributed by atoms with Crippen molar-refractivity contribution in [1.29, 1.82) is 0 Å². The highest BCUT2D eigenvalue weighted by Gasteiger charge is 1.96. The Labute approximate surface area is 64.3 Å². The molecule has 0 amide bonds. The van der Waals surface area contributed by atoms with E-state index in [2.05, 4.69) is 12.2 Å². The number of rotatable bonds is 5. The molecule has 0 aliphatic carbocycles. The quantitative estimate of drug-likeness (QED) is 0.353. The minimum Gasteiger partial charge on any atom is -0.396 e. The first-order valence-corrected chi connectivity index (χ1v) is 4.19. The van der Waals surface area contributed by atoms with Gasteiger partial charge in [0.2, 0.25) is 0 Å². The Bertz CT molecular complexity index is 77.4. The first-order chi connectivity index (χ1) is 4.31. The maximum Gasteiger partial charge on any atom is 0.128 e. The molecule has 0 aromatic carbocycles. The number of aliphatic hydroxyl groups excluding tert-OH is 2. The summed E-state index contributed by atoms with van der Waals surface area (Å²) >= 11 is 5.80. The summed E-state index contributed by atoms with van der Waals surface area (Å²) in [4.78, 5) is 0. The van der Waals surface area contributed by atoms with Crippen molar-refractivity contribution in [1.82, 2.24) is 0 Å². The van der Waals surface area contributed by atoms with Crippen LogP contribution in [0.3, 0.4) is 0 Å². The second-order valence-corrected chi connectivity index (χ2v) is 2.97. The summed E-state index contributed by atoms with van der Waals surface area (Å²) < 4.78 is 0. The molecule has 0 aromatic heterocycles. The molecule has 0 rings (SSSR count). The second kappa shape index (κ2) is 6.48. The van der Waals surface area contributed by atoms with Gasteiger partial charge in [0.15, 0.2) is 0 Å². The number of aliphatic hydroxyl groups is 2. The topological polar surface area (TPSA) is 40.5 Å². The molecule has 2 N–H and O–H groups in total. The standard InChI is InChI=1S/C5H10O2S2/c6-2-1-3-9-5(7)4-8/h4-7H,1-3H2. The average molecular weight is 166 g/mol. The van der Waals surface area contributed by atoms with Gasteiger partial charge in [-0.15, -0.1) is 11.8 Å². The molecule has 54 valence electrons. The van der Waals surface area contributed by atoms with Crippen LogP contribution < -0.4 is 0 Å². The van der Waals surface area contributed by atoms with Crippen molar-refractivity contribution in [3.05, 3.63) is 0 Å². The molecule has 0 bridgehead atoms. The molecule has 2 nitrogen and oxygen atoms in total. The van der Waals surface area contributed by atoms with Crippen molar-refractivity contribution < 1.29 is 10.2 Å². The van der Waals surface area contributed by atoms with E-state index in [1.54, 1.807) is 0 Å². The number of hydrogen-bond acceptors (Lipinski definition) is 4. The lowest BCUT2D eigenvalue weighted by atomic mass is 10.5. The Morgan fingerprint density at radius 3 is 2.78 bits per heavy atom. The zero-order valence-corrected chi connectivity index (χ0v) is 6.62. The van der Waals surface area contributed by atoms with Crippen LogP contribution in [0.15, 0.2) is 0 Å². The average Bonchev–Trinajstić information content (AvgIpc) is 1.89. The van der Waals surface area contributed by atoms with Gasteiger partial charge in [0, 0.05) is 12.0 Å². The first kappa shape index (κ1) is 9.36. The molecule has 0 heterocycles. The van der Waals surface area contributed by atoms with Crippen LogP contribution in [0.1, 0.15) is 6.42 Å². The molecule has 9 heavy (non-hydrogen) atoms. The Balaban J connectivity index is 2.96. The molecule has 0 aliphatic heterocycles. The van der Waals surface area contributed by atoms with Gasteiger partial charge in [-0.1, -0.05) is 12.2 Å². The molecular weight excluding hydrogens is 156 g/mol. The zero-order valence-electron chi connectivity index (χ0n) is 4.99. The normalized spacial score (nSPS) is 13.1. The maximum absolute atomic E-state index is 8.81. The van der Waals surface area contributed by atoms with E-state index in [1.807, 2.05) is 0 Å². The SMILES string of the molecule is OCCCSC(O)C=S. The molecule has 1 unspecified atom stereocenters. The molecule has 4 heteroatoms. The largest absolute Gasteiger partial charge is 0.396 e. The first-order valence-electron chi connectivity index (χ1n) is 2.67. The van der Waals surface area contributed by atoms with Crippen LogP contribution in [0.4, 0.5) is 0 Å². The molecule has 0 saturated carbocycles. The van der Waals surface area contributed by atoms with Gasteiger partial charge in [0.05, 0.1) is 0 Å². The molecule has 0 aromatic rings. The van der Waals surface area contributed by atoms with Crippen molar-refractivity contribution in [2.24, 2.45) is 0 Å². The summed E-state index contributed by atoms with van der Waals surface area (Å²) in [5.41, 5.74) is -0.549. The van der Waals surface area contributed by atoms with E-state index in [0.717, 1.165) is 5.75 Å². The van der Waals surface area contributed by atoms with Crippen LogP contribution in [0.2, 0.25) is 0 Å². The third-order valence-corrected chi connectivity index (χ3v) is 2.14. The zero-order chi connectivity index (χ0) is 7.11. The van der Waals surface area contributed by atoms with Crippen molar-refractivity contribution in [2.75, 3.05) is 12.4 Å². The third-order valence-electron chi connectivity index (χ3n) is 0.707. The van der Waals surface area contributed by atoms with Crippen LogP contribution in [0.5, 0.6) is 0 Å². The number of thioether (sulfide) groups is 1. The molecule has 0 radical (unpaired) electrons. The van der Waals surface area contributed by atoms with E-state index < -0.39 is 5.44 Å². The Kier molecular flexibility index (Phi) is 6.74. The van der Waals surface area contributed by atoms with Crippen molar-refractivity contribution in [3.63, 3.8) is 0 Å². The monoisotopic (exact) mass is 166 g/mol. The van der Waals surface area contributed by atoms with Crippen LogP contribution >= 0.6 is 24.0 Å². The van der Waals surface area contributed by atoms with Crippen LogP contribution in [-0.4, -0.2) is 33.4 Å². The van der Waals surface area contributed by atoms with Gasteiger partial charge in [-0.2, -0.15) is 0 Å². The van der Waals surface area contributed by atoms with Crippen molar-refractivity contribution >= 4 is 29.3 Å². The third kappa shape index (κ3) is 6.24. The molecule has 0 spiro atoms. The lowest BCUT2D eigenvalue weighted by molar-refractivity contribution is 0.295. The summed E-state index contributed by atoms with van der Waals surface area (Å²) in [6.45, 7) is 0.178.